The average molecular weight is 225 g/mol. The van der Waals surface area contributed by atoms with Crippen molar-refractivity contribution >= 4 is 26.7 Å². The van der Waals surface area contributed by atoms with Crippen molar-refractivity contribution in [3.05, 3.63) is 47.3 Å². The highest BCUT2D eigenvalue weighted by Crippen LogP contribution is 2.19. The van der Waals surface area contributed by atoms with E-state index in [9.17, 15) is 0 Å². The predicted octanol–water partition coefficient (Wildman–Crippen LogP) is 3.13. The molecule has 0 spiro atoms. The summed E-state index contributed by atoms with van der Waals surface area (Å²) in [7, 11) is 0. The minimum Gasteiger partial charge on any atom is -0.693 e. The fourth-order valence-electron chi connectivity index (χ4n) is 1.12. The molecule has 1 aromatic carbocycles. The van der Waals surface area contributed by atoms with Crippen LogP contribution in [0.1, 0.15) is 0 Å². The maximum absolute atomic E-state index is 3.47. The van der Waals surface area contributed by atoms with Crippen molar-refractivity contribution in [2.45, 2.75) is 0 Å². The minimum absolute atomic E-state index is 0. The number of nitrogens with two attached hydrogens (primary N) is 1. The number of fused-ring (bicyclic) bond motifs is 1. The summed E-state index contributed by atoms with van der Waals surface area (Å²) in [5.41, 5.74) is 0. The van der Waals surface area contributed by atoms with Crippen LogP contribution in [0.15, 0.2) is 41.1 Å². The SMILES string of the molecule is Brc1c[nH+]cc2ccccc12.[NH2-]. The molecule has 0 aliphatic carbocycles. The lowest BCUT2D eigenvalue weighted by atomic mass is 10.2. The van der Waals surface area contributed by atoms with Crippen LogP contribution in [0, 0.1) is 0 Å². The van der Waals surface area contributed by atoms with Crippen molar-refractivity contribution in [1.82, 2.24) is 0 Å². The molecule has 3 heteroatoms. The molecule has 0 saturated heterocycles. The first kappa shape index (κ1) is 9.16. The van der Waals surface area contributed by atoms with E-state index in [0.717, 1.165) is 4.47 Å². The molecule has 0 saturated carbocycles. The van der Waals surface area contributed by atoms with Crippen molar-refractivity contribution in [3.63, 3.8) is 0 Å². The summed E-state index contributed by atoms with van der Waals surface area (Å²) in [4.78, 5) is 3.06. The first-order valence-electron chi connectivity index (χ1n) is 3.42. The number of aromatic amines is 1. The van der Waals surface area contributed by atoms with Gasteiger partial charge in [-0.2, -0.15) is 0 Å². The van der Waals surface area contributed by atoms with E-state index in [1.165, 1.54) is 10.8 Å². The molecule has 0 unspecified atom stereocenters. The van der Waals surface area contributed by atoms with Crippen molar-refractivity contribution in [2.24, 2.45) is 0 Å². The molecule has 2 nitrogen and oxygen atoms in total. The van der Waals surface area contributed by atoms with Gasteiger partial charge in [-0.15, -0.1) is 0 Å². The van der Waals surface area contributed by atoms with Gasteiger partial charge >= 0.3 is 0 Å². The van der Waals surface area contributed by atoms with Crippen LogP contribution < -0.4 is 4.98 Å². The average Bonchev–Trinajstić information content (AvgIpc) is 2.06. The maximum atomic E-state index is 3.47. The maximum Gasteiger partial charge on any atom is 0.181 e. The quantitative estimate of drug-likeness (QED) is 0.661. The number of hydrogen-bond acceptors (Lipinski definition) is 0. The Labute approximate surface area is 79.3 Å². The van der Waals surface area contributed by atoms with Crippen LogP contribution in [0.2, 0.25) is 0 Å². The number of benzene rings is 1. The van der Waals surface area contributed by atoms with Crippen molar-refractivity contribution < 1.29 is 4.98 Å². The van der Waals surface area contributed by atoms with Crippen LogP contribution in [-0.4, -0.2) is 0 Å². The molecule has 0 bridgehead atoms. The van der Waals surface area contributed by atoms with E-state index in [4.69, 9.17) is 0 Å². The van der Waals surface area contributed by atoms with Gasteiger partial charge < -0.3 is 6.15 Å². The largest absolute Gasteiger partial charge is 0.693 e. The van der Waals surface area contributed by atoms with Gasteiger partial charge in [-0.25, -0.2) is 4.98 Å². The van der Waals surface area contributed by atoms with Gasteiger partial charge in [-0.05, 0) is 22.0 Å². The Hall–Kier alpha value is -0.930. The molecule has 0 radical (unpaired) electrons. The number of aromatic nitrogens is 1. The molecule has 2 aromatic rings. The number of nitrogens with one attached hydrogen (secondary N) is 1. The Morgan fingerprint density at radius 2 is 1.83 bits per heavy atom. The summed E-state index contributed by atoms with van der Waals surface area (Å²) in [5, 5.41) is 2.47. The zero-order valence-corrected chi connectivity index (χ0v) is 8.01. The van der Waals surface area contributed by atoms with Gasteiger partial charge in [0.05, 0.1) is 4.47 Å². The smallest absolute Gasteiger partial charge is 0.181 e. The molecule has 3 N–H and O–H groups in total. The molecule has 1 heterocycles. The molecule has 0 aliphatic rings. The second-order valence-corrected chi connectivity index (χ2v) is 3.24. The Morgan fingerprint density at radius 1 is 1.08 bits per heavy atom. The third kappa shape index (κ3) is 1.47. The van der Waals surface area contributed by atoms with E-state index in [1.807, 2.05) is 24.5 Å². The second kappa shape index (κ2) is 3.65. The van der Waals surface area contributed by atoms with Crippen LogP contribution in [0.3, 0.4) is 0 Å². The number of rotatable bonds is 0. The minimum atomic E-state index is 0. The van der Waals surface area contributed by atoms with E-state index < -0.39 is 0 Å². The van der Waals surface area contributed by atoms with Gasteiger partial charge in [0.1, 0.15) is 0 Å². The summed E-state index contributed by atoms with van der Waals surface area (Å²) in [5.74, 6) is 0. The van der Waals surface area contributed by atoms with Crippen molar-refractivity contribution in [2.75, 3.05) is 0 Å². The van der Waals surface area contributed by atoms with Crippen LogP contribution in [0.5, 0.6) is 0 Å². The zero-order chi connectivity index (χ0) is 7.68. The van der Waals surface area contributed by atoms with E-state index in [2.05, 4.69) is 33.0 Å². The summed E-state index contributed by atoms with van der Waals surface area (Å²) in [6, 6.07) is 8.24. The van der Waals surface area contributed by atoms with E-state index in [-0.39, 0.29) is 6.15 Å². The van der Waals surface area contributed by atoms with E-state index >= 15 is 0 Å². The molecule has 0 fully saturated rings. The van der Waals surface area contributed by atoms with Crippen LogP contribution in [0.25, 0.3) is 16.9 Å². The summed E-state index contributed by atoms with van der Waals surface area (Å²) in [6.07, 6.45) is 3.92. The van der Waals surface area contributed by atoms with Crippen LogP contribution >= 0.6 is 15.9 Å². The fourth-order valence-corrected chi connectivity index (χ4v) is 1.62. The van der Waals surface area contributed by atoms with Gasteiger partial charge in [-0.3, -0.25) is 0 Å². The number of halogens is 1. The van der Waals surface area contributed by atoms with Crippen LogP contribution in [0.4, 0.5) is 0 Å². The summed E-state index contributed by atoms with van der Waals surface area (Å²) < 4.78 is 1.11. The highest BCUT2D eigenvalue weighted by molar-refractivity contribution is 9.10. The van der Waals surface area contributed by atoms with Gasteiger partial charge in [0.15, 0.2) is 12.4 Å². The van der Waals surface area contributed by atoms with Crippen LogP contribution in [-0.2, 0) is 0 Å². The van der Waals surface area contributed by atoms with Gasteiger partial charge in [0, 0.05) is 10.8 Å². The molecule has 2 rings (SSSR count). The first-order valence-corrected chi connectivity index (χ1v) is 4.21. The highest BCUT2D eigenvalue weighted by Gasteiger charge is 1.98. The number of hydrogen-bond donors (Lipinski definition) is 0. The molecule has 0 aliphatic heterocycles. The molecular formula is C9H9BrN2. The fraction of sp³-hybridized carbons (Fsp3) is 0. The van der Waals surface area contributed by atoms with Gasteiger partial charge in [0.25, 0.3) is 0 Å². The van der Waals surface area contributed by atoms with Gasteiger partial charge in [0.2, 0.25) is 0 Å². The highest BCUT2D eigenvalue weighted by atomic mass is 79.9. The lowest BCUT2D eigenvalue weighted by molar-refractivity contribution is -0.376. The monoisotopic (exact) mass is 224 g/mol. The van der Waals surface area contributed by atoms with E-state index in [1.54, 1.807) is 0 Å². The lowest BCUT2D eigenvalue weighted by Crippen LogP contribution is -1.98. The molecule has 62 valence electrons. The van der Waals surface area contributed by atoms with Gasteiger partial charge in [-0.1, -0.05) is 18.2 Å². The molecule has 0 atom stereocenters. The van der Waals surface area contributed by atoms with Crippen molar-refractivity contribution in [1.29, 1.82) is 0 Å². The predicted molar refractivity (Wildman–Crippen MR) is 53.5 cm³/mol. The standard InChI is InChI=1S/C9H6BrN.H2N/c10-9-6-11-5-7-3-1-2-4-8(7)9;/h1-6H;1H2/q;-1/p+1. The normalized spacial score (nSPS) is 9.42. The third-order valence-corrected chi connectivity index (χ3v) is 2.32. The lowest BCUT2D eigenvalue weighted by Gasteiger charge is -1.92. The third-order valence-electron chi connectivity index (χ3n) is 1.67. The van der Waals surface area contributed by atoms with Crippen molar-refractivity contribution in [3.8, 4) is 0 Å². The van der Waals surface area contributed by atoms with E-state index in [0.29, 0.717) is 0 Å². The molecule has 0 amide bonds. The molecule has 1 aromatic heterocycles. The molecular weight excluding hydrogens is 216 g/mol. The zero-order valence-electron chi connectivity index (χ0n) is 6.42. The second-order valence-electron chi connectivity index (χ2n) is 2.39. The number of H-pyrrole nitrogens is 1. The summed E-state index contributed by atoms with van der Waals surface area (Å²) >= 11 is 3.47. The number of pyridine rings is 1. The Balaban J connectivity index is 0.000000720. The Bertz CT molecular complexity index is 382. The first-order chi connectivity index (χ1) is 5.38. The summed E-state index contributed by atoms with van der Waals surface area (Å²) in [6.45, 7) is 0. The Kier molecular flexibility index (Phi) is 2.78. The topological polar surface area (TPSA) is 47.6 Å². The Morgan fingerprint density at radius 3 is 2.58 bits per heavy atom. The molecule has 12 heavy (non-hydrogen) atoms.